The zero-order valence-corrected chi connectivity index (χ0v) is 12.2. The summed E-state index contributed by atoms with van der Waals surface area (Å²) >= 11 is 0. The number of nitrogens with zero attached hydrogens (tertiary/aromatic N) is 2. The highest BCUT2D eigenvalue weighted by Crippen LogP contribution is 2.26. The van der Waals surface area contributed by atoms with Crippen molar-refractivity contribution in [1.82, 2.24) is 9.80 Å². The van der Waals surface area contributed by atoms with E-state index in [-0.39, 0.29) is 0 Å². The highest BCUT2D eigenvalue weighted by Gasteiger charge is 2.23. The smallest absolute Gasteiger partial charge is 0.115 e. The monoisotopic (exact) mass is 262 g/mol. The van der Waals surface area contributed by atoms with Crippen LogP contribution < -0.4 is 0 Å². The van der Waals surface area contributed by atoms with E-state index in [1.54, 1.807) is 12.1 Å². The second-order valence-electron chi connectivity index (χ2n) is 5.39. The fourth-order valence-corrected chi connectivity index (χ4v) is 3.02. The van der Waals surface area contributed by atoms with Crippen LogP contribution in [0.3, 0.4) is 0 Å². The summed E-state index contributed by atoms with van der Waals surface area (Å²) in [5.41, 5.74) is 1.32. The Bertz CT molecular complexity index is 369. The predicted octanol–water partition coefficient (Wildman–Crippen LogP) is 2.87. The molecule has 1 heterocycles. The van der Waals surface area contributed by atoms with Gasteiger partial charge in [0.1, 0.15) is 5.75 Å². The van der Waals surface area contributed by atoms with E-state index in [1.807, 2.05) is 0 Å². The highest BCUT2D eigenvalue weighted by atomic mass is 16.3. The average molecular weight is 262 g/mol. The van der Waals surface area contributed by atoms with Gasteiger partial charge in [-0.1, -0.05) is 26.0 Å². The second-order valence-corrected chi connectivity index (χ2v) is 5.39. The molecule has 1 aliphatic rings. The molecule has 0 bridgehead atoms. The van der Waals surface area contributed by atoms with E-state index in [0.717, 1.165) is 19.5 Å². The zero-order valence-electron chi connectivity index (χ0n) is 12.2. The first-order chi connectivity index (χ1) is 9.24. The molecule has 1 aliphatic heterocycles. The average Bonchev–Trinajstić information content (AvgIpc) is 2.44. The Kier molecular flexibility index (Phi) is 5.23. The molecule has 1 unspecified atom stereocenters. The van der Waals surface area contributed by atoms with Crippen molar-refractivity contribution < 1.29 is 5.11 Å². The largest absolute Gasteiger partial charge is 0.508 e. The third-order valence-electron chi connectivity index (χ3n) is 4.05. The highest BCUT2D eigenvalue weighted by molar-refractivity contribution is 5.28. The Balaban J connectivity index is 1.97. The molecular formula is C16H26N2O. The van der Waals surface area contributed by atoms with Crippen molar-refractivity contribution in [1.29, 1.82) is 0 Å². The van der Waals surface area contributed by atoms with Crippen LogP contribution in [-0.4, -0.2) is 47.6 Å². The minimum Gasteiger partial charge on any atom is -0.508 e. The van der Waals surface area contributed by atoms with E-state index in [9.17, 15) is 5.11 Å². The topological polar surface area (TPSA) is 26.7 Å². The van der Waals surface area contributed by atoms with Crippen molar-refractivity contribution >= 4 is 0 Å². The number of aromatic hydroxyl groups is 1. The van der Waals surface area contributed by atoms with Gasteiger partial charge in [-0.05, 0) is 37.1 Å². The van der Waals surface area contributed by atoms with E-state index in [4.69, 9.17) is 0 Å². The van der Waals surface area contributed by atoms with E-state index in [1.165, 1.54) is 31.6 Å². The van der Waals surface area contributed by atoms with E-state index in [0.29, 0.717) is 11.8 Å². The lowest BCUT2D eigenvalue weighted by atomic mass is 10.0. The quantitative estimate of drug-likeness (QED) is 0.884. The molecule has 0 aliphatic carbocycles. The summed E-state index contributed by atoms with van der Waals surface area (Å²) in [6, 6.07) is 8.20. The molecular weight excluding hydrogens is 236 g/mol. The van der Waals surface area contributed by atoms with Crippen LogP contribution in [0, 0.1) is 0 Å². The van der Waals surface area contributed by atoms with E-state index >= 15 is 0 Å². The van der Waals surface area contributed by atoms with Crippen LogP contribution in [0.1, 0.15) is 38.3 Å². The first-order valence-electron chi connectivity index (χ1n) is 7.50. The third kappa shape index (κ3) is 3.71. The number of phenolic OH excluding ortho intramolecular Hbond substituents is 1. The molecule has 0 saturated carbocycles. The summed E-state index contributed by atoms with van der Waals surface area (Å²) in [7, 11) is 0. The standard InChI is InChI=1S/C16H26N2O/c1-3-9-17-10-12-18(13-11-17)16(4-2)14-5-7-15(19)8-6-14/h5-8,16,19H,3-4,9-13H2,1-2H3. The van der Waals surface area contributed by atoms with Gasteiger partial charge in [-0.2, -0.15) is 0 Å². The number of benzene rings is 1. The van der Waals surface area contributed by atoms with Gasteiger partial charge in [-0.25, -0.2) is 0 Å². The van der Waals surface area contributed by atoms with Crippen molar-refractivity contribution in [3.8, 4) is 5.75 Å². The maximum atomic E-state index is 9.39. The lowest BCUT2D eigenvalue weighted by molar-refractivity contribution is 0.0938. The van der Waals surface area contributed by atoms with Crippen molar-refractivity contribution in [3.63, 3.8) is 0 Å². The third-order valence-corrected chi connectivity index (χ3v) is 4.05. The fourth-order valence-electron chi connectivity index (χ4n) is 3.02. The predicted molar refractivity (Wildman–Crippen MR) is 79.4 cm³/mol. The lowest BCUT2D eigenvalue weighted by Crippen LogP contribution is -2.47. The molecule has 1 saturated heterocycles. The van der Waals surface area contributed by atoms with Crippen molar-refractivity contribution in [2.24, 2.45) is 0 Å². The molecule has 2 rings (SSSR count). The van der Waals surface area contributed by atoms with Gasteiger partial charge in [0.05, 0.1) is 0 Å². The van der Waals surface area contributed by atoms with Crippen molar-refractivity contribution in [2.45, 2.75) is 32.7 Å². The van der Waals surface area contributed by atoms with Gasteiger partial charge in [0, 0.05) is 32.2 Å². The van der Waals surface area contributed by atoms with Crippen LogP contribution in [0.25, 0.3) is 0 Å². The Labute approximate surface area is 116 Å². The molecule has 0 radical (unpaired) electrons. The SMILES string of the molecule is CCCN1CCN(C(CC)c2ccc(O)cc2)CC1. The fraction of sp³-hybridized carbons (Fsp3) is 0.625. The van der Waals surface area contributed by atoms with E-state index < -0.39 is 0 Å². The first kappa shape index (κ1) is 14.4. The van der Waals surface area contributed by atoms with Gasteiger partial charge in [0.2, 0.25) is 0 Å². The maximum Gasteiger partial charge on any atom is 0.115 e. The molecule has 1 N–H and O–H groups in total. The number of hydrogen-bond acceptors (Lipinski definition) is 3. The number of phenols is 1. The van der Waals surface area contributed by atoms with Crippen LogP contribution >= 0.6 is 0 Å². The number of rotatable bonds is 5. The summed E-state index contributed by atoms with van der Waals surface area (Å²) in [6.07, 6.45) is 2.37. The van der Waals surface area contributed by atoms with Crippen LogP contribution in [0.2, 0.25) is 0 Å². The molecule has 0 amide bonds. The molecule has 3 heteroatoms. The molecule has 3 nitrogen and oxygen atoms in total. The van der Waals surface area contributed by atoms with Gasteiger partial charge in [-0.15, -0.1) is 0 Å². The normalized spacial score (nSPS) is 19.5. The van der Waals surface area contributed by atoms with Crippen molar-refractivity contribution in [3.05, 3.63) is 29.8 Å². The summed E-state index contributed by atoms with van der Waals surface area (Å²) in [6.45, 7) is 10.4. The molecule has 1 atom stereocenters. The Morgan fingerprint density at radius 3 is 2.21 bits per heavy atom. The summed E-state index contributed by atoms with van der Waals surface area (Å²) in [5.74, 6) is 0.353. The minimum absolute atomic E-state index is 0.353. The molecule has 0 aromatic heterocycles. The molecule has 1 fully saturated rings. The molecule has 1 aromatic rings. The van der Waals surface area contributed by atoms with Crippen LogP contribution in [0.15, 0.2) is 24.3 Å². The minimum atomic E-state index is 0.353. The summed E-state index contributed by atoms with van der Waals surface area (Å²) in [5, 5.41) is 9.39. The van der Waals surface area contributed by atoms with Gasteiger partial charge in [0.25, 0.3) is 0 Å². The maximum absolute atomic E-state index is 9.39. The Hall–Kier alpha value is -1.06. The molecule has 106 valence electrons. The lowest BCUT2D eigenvalue weighted by Gasteiger charge is -2.39. The molecule has 1 aromatic carbocycles. The number of hydrogen-bond donors (Lipinski definition) is 1. The summed E-state index contributed by atoms with van der Waals surface area (Å²) in [4.78, 5) is 5.14. The van der Waals surface area contributed by atoms with Crippen molar-refractivity contribution in [2.75, 3.05) is 32.7 Å². The van der Waals surface area contributed by atoms with E-state index in [2.05, 4.69) is 35.8 Å². The summed E-state index contributed by atoms with van der Waals surface area (Å²) < 4.78 is 0. The first-order valence-corrected chi connectivity index (χ1v) is 7.50. The van der Waals surface area contributed by atoms with Gasteiger partial charge in [-0.3, -0.25) is 4.90 Å². The Morgan fingerprint density at radius 1 is 1.05 bits per heavy atom. The Morgan fingerprint density at radius 2 is 1.68 bits per heavy atom. The molecule has 19 heavy (non-hydrogen) atoms. The van der Waals surface area contributed by atoms with Gasteiger partial charge >= 0.3 is 0 Å². The van der Waals surface area contributed by atoms with Gasteiger partial charge < -0.3 is 10.0 Å². The van der Waals surface area contributed by atoms with Crippen LogP contribution in [0.4, 0.5) is 0 Å². The zero-order chi connectivity index (χ0) is 13.7. The number of piperazine rings is 1. The van der Waals surface area contributed by atoms with Crippen LogP contribution in [0.5, 0.6) is 5.75 Å². The van der Waals surface area contributed by atoms with Gasteiger partial charge in [0.15, 0.2) is 0 Å². The second kappa shape index (κ2) is 6.92. The molecule has 0 spiro atoms. The van der Waals surface area contributed by atoms with Crippen LogP contribution in [-0.2, 0) is 0 Å².